The maximum absolute atomic E-state index is 6.48. The highest BCUT2D eigenvalue weighted by atomic mass is 16.3. The molecule has 3 nitrogen and oxygen atoms in total. The first-order chi connectivity index (χ1) is 28.3. The standard InChI is InChI=1S/C54H34N2O/c1-2-13-40-38(11-1)39-12-3-4-14-41(39)47-29-34(23-27-42(40)47)33-21-24-35(25-22-33)55(36-26-28-46-45-17-7-10-20-52(45)57-53(46)32-36)37-30-48-43-15-5-8-18-50(43)56-51-19-9-6-16-44(51)49(31-37)54(48)56/h1-15,17-32,44H,16H2. The molecule has 13 rings (SSSR count). The number of aromatic nitrogens is 1. The SMILES string of the molecule is C1=CCC2C(=C1)n1c3ccccc3c3cc(N(c4ccc(-c5ccc6c7ccccc7c7ccccc7c6c5)cc4)c4ccc5c(c4)oc4ccccc45)cc2c31. The van der Waals surface area contributed by atoms with Crippen LogP contribution in [-0.2, 0) is 0 Å². The summed E-state index contributed by atoms with van der Waals surface area (Å²) < 4.78 is 8.99. The number of hydrogen-bond acceptors (Lipinski definition) is 2. The first-order valence-electron chi connectivity index (χ1n) is 19.9. The molecule has 0 amide bonds. The zero-order valence-corrected chi connectivity index (χ0v) is 31.0. The Morgan fingerprint density at radius 3 is 1.86 bits per heavy atom. The van der Waals surface area contributed by atoms with Gasteiger partial charge in [-0.3, -0.25) is 0 Å². The Morgan fingerprint density at radius 1 is 0.456 bits per heavy atom. The molecule has 0 bridgehead atoms. The van der Waals surface area contributed by atoms with Crippen molar-refractivity contribution in [2.45, 2.75) is 12.3 Å². The molecule has 0 saturated carbocycles. The molecular weight excluding hydrogens is 693 g/mol. The molecule has 2 aliphatic rings. The summed E-state index contributed by atoms with van der Waals surface area (Å²) in [5.74, 6) is 0.320. The van der Waals surface area contributed by atoms with Crippen LogP contribution >= 0.6 is 0 Å². The first-order valence-corrected chi connectivity index (χ1v) is 19.9. The molecule has 11 aromatic rings. The van der Waals surface area contributed by atoms with Crippen molar-refractivity contribution in [2.24, 2.45) is 0 Å². The van der Waals surface area contributed by atoms with Gasteiger partial charge in [-0.05, 0) is 116 Å². The predicted molar refractivity (Wildman–Crippen MR) is 240 cm³/mol. The fraction of sp³-hybridized carbons (Fsp3) is 0.0370. The van der Waals surface area contributed by atoms with Gasteiger partial charge in [0.2, 0.25) is 0 Å². The van der Waals surface area contributed by atoms with Gasteiger partial charge in [0, 0.05) is 56.3 Å². The van der Waals surface area contributed by atoms with Crippen LogP contribution in [0, 0.1) is 0 Å². The first kappa shape index (κ1) is 30.9. The lowest BCUT2D eigenvalue weighted by Crippen LogP contribution is -2.10. The van der Waals surface area contributed by atoms with Crippen molar-refractivity contribution in [3.8, 4) is 11.1 Å². The fourth-order valence-corrected chi connectivity index (χ4v) is 10.1. The number of benzene rings is 9. The molecular formula is C54H34N2O. The highest BCUT2D eigenvalue weighted by molar-refractivity contribution is 6.26. The number of allylic oxidation sites excluding steroid dienone is 4. The molecule has 1 aliphatic carbocycles. The number of fused-ring (bicyclic) bond motifs is 15. The topological polar surface area (TPSA) is 21.3 Å². The normalized spacial score (nSPS) is 14.8. The van der Waals surface area contributed by atoms with Gasteiger partial charge in [-0.2, -0.15) is 0 Å². The van der Waals surface area contributed by atoms with E-state index in [0.717, 1.165) is 45.4 Å². The lowest BCUT2D eigenvalue weighted by atomic mass is 9.90. The maximum Gasteiger partial charge on any atom is 0.137 e. The second kappa shape index (κ2) is 11.6. The smallest absolute Gasteiger partial charge is 0.137 e. The Kier molecular flexibility index (Phi) is 6.28. The van der Waals surface area contributed by atoms with E-state index < -0.39 is 0 Å². The quantitative estimate of drug-likeness (QED) is 0.168. The highest BCUT2D eigenvalue weighted by Gasteiger charge is 2.33. The molecule has 3 heterocycles. The average Bonchev–Trinajstić information content (AvgIpc) is 3.93. The van der Waals surface area contributed by atoms with Crippen LogP contribution in [0.25, 0.3) is 92.9 Å². The Hall–Kier alpha value is -7.36. The number of anilines is 3. The van der Waals surface area contributed by atoms with Crippen LogP contribution in [0.15, 0.2) is 193 Å². The Bertz CT molecular complexity index is 3530. The van der Waals surface area contributed by atoms with E-state index in [4.69, 9.17) is 4.42 Å². The van der Waals surface area contributed by atoms with Gasteiger partial charge in [0.1, 0.15) is 11.2 Å². The number of rotatable bonds is 4. The zero-order chi connectivity index (χ0) is 37.2. The fourth-order valence-electron chi connectivity index (χ4n) is 10.1. The molecule has 0 saturated heterocycles. The summed E-state index contributed by atoms with van der Waals surface area (Å²) >= 11 is 0. The van der Waals surface area contributed by atoms with Crippen LogP contribution < -0.4 is 4.90 Å². The molecule has 1 unspecified atom stereocenters. The zero-order valence-electron chi connectivity index (χ0n) is 31.0. The highest BCUT2D eigenvalue weighted by Crippen LogP contribution is 2.52. The molecule has 0 fully saturated rings. The van der Waals surface area contributed by atoms with E-state index in [1.165, 1.54) is 76.5 Å². The van der Waals surface area contributed by atoms with Gasteiger partial charge < -0.3 is 13.9 Å². The number of furan rings is 1. The number of hydrogen-bond donors (Lipinski definition) is 0. The second-order valence-electron chi connectivity index (χ2n) is 15.6. The van der Waals surface area contributed by atoms with Crippen LogP contribution in [0.3, 0.4) is 0 Å². The average molecular weight is 727 g/mol. The Balaban J connectivity index is 1.00. The molecule has 57 heavy (non-hydrogen) atoms. The van der Waals surface area contributed by atoms with E-state index in [0.29, 0.717) is 5.92 Å². The van der Waals surface area contributed by atoms with Crippen molar-refractivity contribution in [3.05, 3.63) is 194 Å². The van der Waals surface area contributed by atoms with Gasteiger partial charge in [0.25, 0.3) is 0 Å². The lowest BCUT2D eigenvalue weighted by Gasteiger charge is -2.27. The van der Waals surface area contributed by atoms with E-state index in [9.17, 15) is 0 Å². The van der Waals surface area contributed by atoms with E-state index in [1.54, 1.807) is 0 Å². The van der Waals surface area contributed by atoms with Gasteiger partial charge in [-0.1, -0.05) is 121 Å². The van der Waals surface area contributed by atoms with Crippen LogP contribution in [0.2, 0.25) is 0 Å². The molecule has 9 aromatic carbocycles. The van der Waals surface area contributed by atoms with E-state index >= 15 is 0 Å². The molecule has 1 aliphatic heterocycles. The molecule has 0 N–H and O–H groups in total. The number of para-hydroxylation sites is 2. The number of nitrogens with zero attached hydrogens (tertiary/aromatic N) is 2. The molecule has 0 spiro atoms. The molecule has 266 valence electrons. The molecule has 3 heteroatoms. The van der Waals surface area contributed by atoms with E-state index in [2.05, 4.69) is 191 Å². The summed E-state index contributed by atoms with van der Waals surface area (Å²) in [4.78, 5) is 2.42. The summed E-state index contributed by atoms with van der Waals surface area (Å²) in [6, 6.07) is 62.4. The van der Waals surface area contributed by atoms with Crippen molar-refractivity contribution in [2.75, 3.05) is 4.90 Å². The predicted octanol–water partition coefficient (Wildman–Crippen LogP) is 15.2. The molecule has 2 aromatic heterocycles. The third-order valence-corrected chi connectivity index (χ3v) is 12.6. The van der Waals surface area contributed by atoms with Crippen LogP contribution in [0.5, 0.6) is 0 Å². The van der Waals surface area contributed by atoms with Crippen molar-refractivity contribution < 1.29 is 4.42 Å². The third kappa shape index (κ3) is 4.37. The monoisotopic (exact) mass is 726 g/mol. The summed E-state index contributed by atoms with van der Waals surface area (Å²) in [5.41, 5.74) is 12.8. The minimum Gasteiger partial charge on any atom is -0.456 e. The minimum atomic E-state index is 0.320. The van der Waals surface area contributed by atoms with Crippen molar-refractivity contribution in [1.82, 2.24) is 4.57 Å². The Morgan fingerprint density at radius 2 is 1.07 bits per heavy atom. The third-order valence-electron chi connectivity index (χ3n) is 12.6. The van der Waals surface area contributed by atoms with Gasteiger partial charge in [0.05, 0.1) is 11.0 Å². The minimum absolute atomic E-state index is 0.320. The molecule has 1 atom stereocenters. The second-order valence-corrected chi connectivity index (χ2v) is 15.6. The maximum atomic E-state index is 6.48. The van der Waals surface area contributed by atoms with Crippen molar-refractivity contribution in [1.29, 1.82) is 0 Å². The van der Waals surface area contributed by atoms with Gasteiger partial charge in [-0.25, -0.2) is 0 Å². The van der Waals surface area contributed by atoms with Gasteiger partial charge >= 0.3 is 0 Å². The van der Waals surface area contributed by atoms with Crippen molar-refractivity contribution in [3.63, 3.8) is 0 Å². The van der Waals surface area contributed by atoms with Crippen molar-refractivity contribution >= 4 is 98.8 Å². The summed E-state index contributed by atoms with van der Waals surface area (Å²) in [6.45, 7) is 0. The van der Waals surface area contributed by atoms with E-state index in [-0.39, 0.29) is 0 Å². The Labute approximate surface area is 328 Å². The lowest BCUT2D eigenvalue weighted by molar-refractivity contribution is 0.669. The summed E-state index contributed by atoms with van der Waals surface area (Å²) in [7, 11) is 0. The molecule has 0 radical (unpaired) electrons. The van der Waals surface area contributed by atoms with Crippen LogP contribution in [0.1, 0.15) is 17.9 Å². The largest absolute Gasteiger partial charge is 0.456 e. The van der Waals surface area contributed by atoms with Crippen LogP contribution in [0.4, 0.5) is 17.1 Å². The summed E-state index contributed by atoms with van der Waals surface area (Å²) in [6.07, 6.45) is 7.84. The van der Waals surface area contributed by atoms with Crippen LogP contribution in [-0.4, -0.2) is 4.57 Å². The van der Waals surface area contributed by atoms with Gasteiger partial charge in [-0.15, -0.1) is 0 Å². The summed E-state index contributed by atoms with van der Waals surface area (Å²) in [5, 5.41) is 12.6. The van der Waals surface area contributed by atoms with E-state index in [1.807, 2.05) is 6.07 Å². The van der Waals surface area contributed by atoms with Gasteiger partial charge in [0.15, 0.2) is 0 Å².